The predicted octanol–water partition coefficient (Wildman–Crippen LogP) is 3.15. The van der Waals surface area contributed by atoms with Crippen molar-refractivity contribution in [2.24, 2.45) is 0 Å². The molecule has 1 N–H and O–H groups in total. The lowest BCUT2D eigenvalue weighted by Crippen LogP contribution is -2.10. The van der Waals surface area contributed by atoms with Crippen LogP contribution < -0.4 is 10.1 Å². The minimum absolute atomic E-state index is 0.256. The molecule has 19 heavy (non-hydrogen) atoms. The first-order valence-corrected chi connectivity index (χ1v) is 6.38. The van der Waals surface area contributed by atoms with Gasteiger partial charge in [0.2, 0.25) is 0 Å². The highest BCUT2D eigenvalue weighted by molar-refractivity contribution is 7.22. The third-order valence-corrected chi connectivity index (χ3v) is 3.50. The second kappa shape index (κ2) is 4.74. The Morgan fingerprint density at radius 3 is 3.00 bits per heavy atom. The van der Waals surface area contributed by atoms with Crippen LogP contribution in [-0.2, 0) is 0 Å². The standard InChI is InChI=1S/C13H10N2O3S/c1-17-8-4-2-6-10-11(8)14-13(19-10)15-12(16)9-5-3-7-18-9/h2-7H,1H3,(H,14,15,16). The van der Waals surface area contributed by atoms with Crippen LogP contribution in [0.2, 0.25) is 0 Å². The Morgan fingerprint density at radius 1 is 1.37 bits per heavy atom. The van der Waals surface area contributed by atoms with Crippen molar-refractivity contribution in [1.82, 2.24) is 4.98 Å². The first kappa shape index (κ1) is 11.7. The van der Waals surface area contributed by atoms with Gasteiger partial charge in [-0.1, -0.05) is 17.4 Å². The number of methoxy groups -OCH3 is 1. The van der Waals surface area contributed by atoms with Crippen LogP contribution in [0.1, 0.15) is 10.6 Å². The molecule has 96 valence electrons. The molecule has 5 nitrogen and oxygen atoms in total. The number of nitrogens with one attached hydrogen (secondary N) is 1. The maximum atomic E-state index is 11.8. The van der Waals surface area contributed by atoms with Gasteiger partial charge in [0.1, 0.15) is 11.3 Å². The highest BCUT2D eigenvalue weighted by atomic mass is 32.1. The fourth-order valence-electron chi connectivity index (χ4n) is 1.71. The highest BCUT2D eigenvalue weighted by Gasteiger charge is 2.13. The van der Waals surface area contributed by atoms with Gasteiger partial charge in [0, 0.05) is 0 Å². The zero-order chi connectivity index (χ0) is 13.2. The van der Waals surface area contributed by atoms with E-state index >= 15 is 0 Å². The fourth-order valence-corrected chi connectivity index (χ4v) is 2.59. The van der Waals surface area contributed by atoms with Gasteiger partial charge in [0.15, 0.2) is 10.9 Å². The molecular weight excluding hydrogens is 264 g/mol. The van der Waals surface area contributed by atoms with Crippen LogP contribution in [0.15, 0.2) is 41.0 Å². The molecule has 3 rings (SSSR count). The number of benzene rings is 1. The molecule has 0 fully saturated rings. The number of anilines is 1. The van der Waals surface area contributed by atoms with Crippen molar-refractivity contribution in [3.63, 3.8) is 0 Å². The number of para-hydroxylation sites is 1. The van der Waals surface area contributed by atoms with Gasteiger partial charge in [0.25, 0.3) is 5.91 Å². The van der Waals surface area contributed by atoms with Crippen LogP contribution >= 0.6 is 11.3 Å². The third kappa shape index (κ3) is 2.17. The molecule has 0 aliphatic rings. The quantitative estimate of drug-likeness (QED) is 0.796. The Labute approximate surface area is 112 Å². The summed E-state index contributed by atoms with van der Waals surface area (Å²) in [7, 11) is 1.59. The first-order valence-electron chi connectivity index (χ1n) is 5.56. The first-order chi connectivity index (χ1) is 9.28. The van der Waals surface area contributed by atoms with Crippen LogP contribution in [-0.4, -0.2) is 18.0 Å². The summed E-state index contributed by atoms with van der Waals surface area (Å²) in [5, 5.41) is 3.22. The van der Waals surface area contributed by atoms with Crippen LogP contribution in [0.4, 0.5) is 5.13 Å². The van der Waals surface area contributed by atoms with E-state index < -0.39 is 0 Å². The van der Waals surface area contributed by atoms with E-state index in [0.717, 1.165) is 10.2 Å². The molecule has 0 spiro atoms. The molecule has 2 aromatic heterocycles. The Bertz CT molecular complexity index is 719. The number of rotatable bonds is 3. The normalized spacial score (nSPS) is 10.6. The number of ether oxygens (including phenoxy) is 1. The molecule has 1 amide bonds. The molecule has 0 saturated carbocycles. The predicted molar refractivity (Wildman–Crippen MR) is 72.8 cm³/mol. The van der Waals surface area contributed by atoms with E-state index in [1.54, 1.807) is 19.2 Å². The summed E-state index contributed by atoms with van der Waals surface area (Å²) in [6.45, 7) is 0. The number of hydrogen-bond donors (Lipinski definition) is 1. The molecule has 0 saturated heterocycles. The highest BCUT2D eigenvalue weighted by Crippen LogP contribution is 2.32. The van der Waals surface area contributed by atoms with E-state index in [2.05, 4.69) is 10.3 Å². The van der Waals surface area contributed by atoms with Crippen LogP contribution in [0.3, 0.4) is 0 Å². The lowest BCUT2D eigenvalue weighted by molar-refractivity contribution is 0.0996. The van der Waals surface area contributed by atoms with E-state index in [9.17, 15) is 4.79 Å². The zero-order valence-electron chi connectivity index (χ0n) is 10.0. The number of carbonyl (C=O) groups is 1. The number of amides is 1. The smallest absolute Gasteiger partial charge is 0.293 e. The van der Waals surface area contributed by atoms with Crippen molar-refractivity contribution in [3.8, 4) is 5.75 Å². The van der Waals surface area contributed by atoms with Crippen molar-refractivity contribution >= 4 is 32.6 Å². The molecule has 0 aliphatic carbocycles. The Hall–Kier alpha value is -2.34. The van der Waals surface area contributed by atoms with E-state index in [0.29, 0.717) is 10.9 Å². The molecule has 3 aromatic rings. The number of thiazole rings is 1. The third-order valence-electron chi connectivity index (χ3n) is 2.57. The Morgan fingerprint density at radius 2 is 2.26 bits per heavy atom. The summed E-state index contributed by atoms with van der Waals surface area (Å²) in [4.78, 5) is 16.2. The average Bonchev–Trinajstić information content (AvgIpc) is 3.06. The molecule has 2 heterocycles. The van der Waals surface area contributed by atoms with Gasteiger partial charge >= 0.3 is 0 Å². The van der Waals surface area contributed by atoms with Crippen molar-refractivity contribution in [1.29, 1.82) is 0 Å². The van der Waals surface area contributed by atoms with Gasteiger partial charge in [-0.15, -0.1) is 0 Å². The number of furan rings is 1. The summed E-state index contributed by atoms with van der Waals surface area (Å²) in [5.74, 6) is 0.626. The molecule has 0 atom stereocenters. The van der Waals surface area contributed by atoms with E-state index in [4.69, 9.17) is 9.15 Å². The van der Waals surface area contributed by atoms with Gasteiger partial charge in [-0.2, -0.15) is 0 Å². The van der Waals surface area contributed by atoms with Gasteiger partial charge in [-0.25, -0.2) is 4.98 Å². The summed E-state index contributed by atoms with van der Waals surface area (Å²) < 4.78 is 11.2. The summed E-state index contributed by atoms with van der Waals surface area (Å²) in [6, 6.07) is 8.91. The van der Waals surface area contributed by atoms with Crippen molar-refractivity contribution < 1.29 is 13.9 Å². The lowest BCUT2D eigenvalue weighted by atomic mass is 10.3. The summed E-state index contributed by atoms with van der Waals surface area (Å²) in [5.41, 5.74) is 0.741. The number of nitrogens with zero attached hydrogens (tertiary/aromatic N) is 1. The fraction of sp³-hybridized carbons (Fsp3) is 0.0769. The van der Waals surface area contributed by atoms with Crippen molar-refractivity contribution in [2.45, 2.75) is 0 Å². The molecular formula is C13H10N2O3S. The largest absolute Gasteiger partial charge is 0.494 e. The second-order valence-corrected chi connectivity index (χ2v) is 4.79. The summed E-state index contributed by atoms with van der Waals surface area (Å²) in [6.07, 6.45) is 1.45. The van der Waals surface area contributed by atoms with E-state index in [-0.39, 0.29) is 11.7 Å². The van der Waals surface area contributed by atoms with Crippen LogP contribution in [0.5, 0.6) is 5.75 Å². The minimum atomic E-state index is -0.317. The van der Waals surface area contributed by atoms with Crippen molar-refractivity contribution in [3.05, 3.63) is 42.4 Å². The average molecular weight is 274 g/mol. The van der Waals surface area contributed by atoms with E-state index in [1.165, 1.54) is 17.6 Å². The lowest BCUT2D eigenvalue weighted by Gasteiger charge is -1.98. The Kier molecular flexibility index (Phi) is 2.92. The molecule has 0 unspecified atom stereocenters. The molecule has 0 radical (unpaired) electrons. The summed E-state index contributed by atoms with van der Waals surface area (Å²) >= 11 is 1.39. The van der Waals surface area contributed by atoms with Gasteiger partial charge < -0.3 is 9.15 Å². The van der Waals surface area contributed by atoms with Gasteiger partial charge in [-0.3, -0.25) is 10.1 Å². The van der Waals surface area contributed by atoms with Crippen LogP contribution in [0.25, 0.3) is 10.2 Å². The van der Waals surface area contributed by atoms with Gasteiger partial charge in [0.05, 0.1) is 18.1 Å². The topological polar surface area (TPSA) is 64.4 Å². The second-order valence-electron chi connectivity index (χ2n) is 3.76. The maximum absolute atomic E-state index is 11.8. The number of carbonyl (C=O) groups excluding carboxylic acids is 1. The Balaban J connectivity index is 1.92. The monoisotopic (exact) mass is 274 g/mol. The molecule has 0 aliphatic heterocycles. The van der Waals surface area contributed by atoms with Crippen molar-refractivity contribution in [2.75, 3.05) is 12.4 Å². The number of fused-ring (bicyclic) bond motifs is 1. The van der Waals surface area contributed by atoms with Crippen LogP contribution in [0, 0.1) is 0 Å². The zero-order valence-corrected chi connectivity index (χ0v) is 10.9. The maximum Gasteiger partial charge on any atom is 0.293 e. The SMILES string of the molecule is COc1cccc2sc(NC(=O)c3ccco3)nc12. The molecule has 0 bridgehead atoms. The van der Waals surface area contributed by atoms with E-state index in [1.807, 2.05) is 18.2 Å². The van der Waals surface area contributed by atoms with Gasteiger partial charge in [-0.05, 0) is 24.3 Å². The molecule has 6 heteroatoms. The number of aromatic nitrogens is 1. The minimum Gasteiger partial charge on any atom is -0.494 e. The number of hydrogen-bond acceptors (Lipinski definition) is 5. The molecule has 1 aromatic carbocycles.